The first-order chi connectivity index (χ1) is 8.93. The number of rotatable bonds is 3. The zero-order valence-electron chi connectivity index (χ0n) is 12.9. The van der Waals surface area contributed by atoms with E-state index in [1.54, 1.807) is 0 Å². The fraction of sp³-hybridized carbons (Fsp3) is 1.00. The minimum Gasteiger partial charge on any atom is -0.375 e. The molecule has 2 aliphatic rings. The maximum absolute atomic E-state index is 6.20. The molecule has 2 aliphatic heterocycles. The van der Waals surface area contributed by atoms with Crippen LogP contribution in [0.15, 0.2) is 0 Å². The van der Waals surface area contributed by atoms with E-state index in [9.17, 15) is 0 Å². The third kappa shape index (κ3) is 3.13. The van der Waals surface area contributed by atoms with Gasteiger partial charge in [-0.05, 0) is 40.0 Å². The Morgan fingerprint density at radius 1 is 1.26 bits per heavy atom. The van der Waals surface area contributed by atoms with Crippen molar-refractivity contribution in [3.05, 3.63) is 0 Å². The van der Waals surface area contributed by atoms with Gasteiger partial charge in [0.25, 0.3) is 0 Å². The lowest BCUT2D eigenvalue weighted by atomic mass is 9.77. The second-order valence-electron chi connectivity index (χ2n) is 6.67. The molecule has 2 fully saturated rings. The standard InChI is InChI=1S/C15H30N2O2/c1-5-14(4)10-15(11-16,6-7-18-14)17-8-12(2)19-13(3)9-17/h12-13H,5-11,16H2,1-4H3. The van der Waals surface area contributed by atoms with Crippen molar-refractivity contribution < 1.29 is 9.47 Å². The van der Waals surface area contributed by atoms with Crippen LogP contribution < -0.4 is 5.73 Å². The zero-order valence-corrected chi connectivity index (χ0v) is 12.9. The Kier molecular flexibility index (Phi) is 4.56. The fourth-order valence-corrected chi connectivity index (χ4v) is 3.69. The van der Waals surface area contributed by atoms with Gasteiger partial charge in [-0.25, -0.2) is 0 Å². The van der Waals surface area contributed by atoms with E-state index in [0.29, 0.717) is 18.8 Å². The molecule has 0 spiro atoms. The summed E-state index contributed by atoms with van der Waals surface area (Å²) in [7, 11) is 0. The molecular weight excluding hydrogens is 240 g/mol. The van der Waals surface area contributed by atoms with E-state index in [0.717, 1.165) is 39.0 Å². The van der Waals surface area contributed by atoms with Crippen molar-refractivity contribution >= 4 is 0 Å². The quantitative estimate of drug-likeness (QED) is 0.849. The average Bonchev–Trinajstić information content (AvgIpc) is 2.37. The largest absolute Gasteiger partial charge is 0.375 e. The molecule has 4 unspecified atom stereocenters. The zero-order chi connectivity index (χ0) is 14.1. The Balaban J connectivity index is 2.17. The lowest BCUT2D eigenvalue weighted by Gasteiger charge is -2.54. The van der Waals surface area contributed by atoms with Gasteiger partial charge in [0.2, 0.25) is 0 Å². The van der Waals surface area contributed by atoms with E-state index in [2.05, 4.69) is 32.6 Å². The highest BCUT2D eigenvalue weighted by Gasteiger charge is 2.46. The van der Waals surface area contributed by atoms with Crippen LogP contribution in [-0.2, 0) is 9.47 Å². The Bertz CT molecular complexity index is 303. The molecule has 0 aliphatic carbocycles. The molecule has 4 heteroatoms. The van der Waals surface area contributed by atoms with Crippen LogP contribution in [0.2, 0.25) is 0 Å². The van der Waals surface area contributed by atoms with Gasteiger partial charge in [0.1, 0.15) is 0 Å². The van der Waals surface area contributed by atoms with Gasteiger partial charge in [-0.2, -0.15) is 0 Å². The molecule has 0 bridgehead atoms. The summed E-state index contributed by atoms with van der Waals surface area (Å²) >= 11 is 0. The Labute approximate surface area is 117 Å². The molecular formula is C15H30N2O2. The van der Waals surface area contributed by atoms with E-state index in [-0.39, 0.29) is 11.1 Å². The Hall–Kier alpha value is -0.160. The minimum atomic E-state index is -0.0254. The van der Waals surface area contributed by atoms with Gasteiger partial charge in [0, 0.05) is 31.8 Å². The highest BCUT2D eigenvalue weighted by molar-refractivity contribution is 5.02. The first-order valence-corrected chi connectivity index (χ1v) is 7.67. The normalized spacial score (nSPS) is 45.3. The molecule has 2 N–H and O–H groups in total. The Morgan fingerprint density at radius 3 is 2.42 bits per heavy atom. The summed E-state index contributed by atoms with van der Waals surface area (Å²) in [6.07, 6.45) is 3.71. The third-order valence-corrected chi connectivity index (χ3v) is 4.94. The second-order valence-corrected chi connectivity index (χ2v) is 6.67. The minimum absolute atomic E-state index is 0.0254. The van der Waals surface area contributed by atoms with Crippen LogP contribution in [0.1, 0.15) is 47.0 Å². The molecule has 0 aromatic heterocycles. The number of morpholine rings is 1. The summed E-state index contributed by atoms with van der Waals surface area (Å²) in [6.45, 7) is 12.3. The monoisotopic (exact) mass is 270 g/mol. The number of hydrogen-bond acceptors (Lipinski definition) is 4. The second kappa shape index (κ2) is 5.68. The summed E-state index contributed by atoms with van der Waals surface area (Å²) in [5, 5.41) is 0. The lowest BCUT2D eigenvalue weighted by Crippen LogP contribution is -2.65. The number of hydrogen-bond donors (Lipinski definition) is 1. The van der Waals surface area contributed by atoms with Crippen molar-refractivity contribution in [3.63, 3.8) is 0 Å². The smallest absolute Gasteiger partial charge is 0.0678 e. The maximum atomic E-state index is 6.20. The van der Waals surface area contributed by atoms with Crippen molar-refractivity contribution in [2.24, 2.45) is 5.73 Å². The fourth-order valence-electron chi connectivity index (χ4n) is 3.69. The van der Waals surface area contributed by atoms with E-state index >= 15 is 0 Å². The Morgan fingerprint density at radius 2 is 1.89 bits per heavy atom. The van der Waals surface area contributed by atoms with Crippen molar-refractivity contribution in [2.75, 3.05) is 26.2 Å². The molecule has 0 saturated carbocycles. The molecule has 2 saturated heterocycles. The van der Waals surface area contributed by atoms with E-state index in [1.165, 1.54) is 0 Å². The van der Waals surface area contributed by atoms with Crippen molar-refractivity contribution in [3.8, 4) is 0 Å². The van der Waals surface area contributed by atoms with Crippen molar-refractivity contribution in [1.82, 2.24) is 4.90 Å². The van der Waals surface area contributed by atoms with E-state index in [4.69, 9.17) is 15.2 Å². The molecule has 0 aromatic carbocycles. The molecule has 4 nitrogen and oxygen atoms in total. The SMILES string of the molecule is CCC1(C)CC(CN)(N2CC(C)OC(C)C2)CCO1. The van der Waals surface area contributed by atoms with Gasteiger partial charge >= 0.3 is 0 Å². The molecule has 4 atom stereocenters. The van der Waals surface area contributed by atoms with Crippen LogP contribution in [0, 0.1) is 0 Å². The van der Waals surface area contributed by atoms with Crippen molar-refractivity contribution in [1.29, 1.82) is 0 Å². The summed E-state index contributed by atoms with van der Waals surface area (Å²) in [5.74, 6) is 0. The maximum Gasteiger partial charge on any atom is 0.0678 e. The van der Waals surface area contributed by atoms with Crippen LogP contribution in [0.5, 0.6) is 0 Å². The highest BCUT2D eigenvalue weighted by Crippen LogP contribution is 2.39. The summed E-state index contributed by atoms with van der Waals surface area (Å²) in [5.41, 5.74) is 6.26. The molecule has 112 valence electrons. The molecule has 2 heterocycles. The van der Waals surface area contributed by atoms with Gasteiger partial charge in [-0.1, -0.05) is 6.92 Å². The van der Waals surface area contributed by atoms with Gasteiger partial charge in [0.15, 0.2) is 0 Å². The van der Waals surface area contributed by atoms with Gasteiger partial charge in [0.05, 0.1) is 17.8 Å². The number of ether oxygens (including phenoxy) is 2. The number of nitrogens with zero attached hydrogens (tertiary/aromatic N) is 1. The molecule has 0 radical (unpaired) electrons. The predicted octanol–water partition coefficient (Wildman–Crippen LogP) is 1.77. The predicted molar refractivity (Wildman–Crippen MR) is 77.2 cm³/mol. The lowest BCUT2D eigenvalue weighted by molar-refractivity contribution is -0.162. The summed E-state index contributed by atoms with van der Waals surface area (Å²) < 4.78 is 11.9. The molecule has 2 rings (SSSR count). The van der Waals surface area contributed by atoms with Crippen LogP contribution in [0.25, 0.3) is 0 Å². The van der Waals surface area contributed by atoms with Crippen LogP contribution in [-0.4, -0.2) is 54.5 Å². The van der Waals surface area contributed by atoms with Crippen molar-refractivity contribution in [2.45, 2.75) is 70.3 Å². The van der Waals surface area contributed by atoms with Gasteiger partial charge < -0.3 is 15.2 Å². The summed E-state index contributed by atoms with van der Waals surface area (Å²) in [6, 6.07) is 0. The van der Waals surface area contributed by atoms with Crippen LogP contribution in [0.3, 0.4) is 0 Å². The highest BCUT2D eigenvalue weighted by atomic mass is 16.5. The topological polar surface area (TPSA) is 47.7 Å². The molecule has 19 heavy (non-hydrogen) atoms. The first-order valence-electron chi connectivity index (χ1n) is 7.67. The molecule has 0 aromatic rings. The van der Waals surface area contributed by atoms with Gasteiger partial charge in [-0.3, -0.25) is 4.90 Å². The van der Waals surface area contributed by atoms with Crippen LogP contribution >= 0.6 is 0 Å². The third-order valence-electron chi connectivity index (χ3n) is 4.94. The average molecular weight is 270 g/mol. The first kappa shape index (κ1) is 15.2. The molecule has 0 amide bonds. The summed E-state index contributed by atoms with van der Waals surface area (Å²) in [4.78, 5) is 2.57. The number of nitrogens with two attached hydrogens (primary N) is 1. The van der Waals surface area contributed by atoms with Gasteiger partial charge in [-0.15, -0.1) is 0 Å². The van der Waals surface area contributed by atoms with Crippen LogP contribution in [0.4, 0.5) is 0 Å². The van der Waals surface area contributed by atoms with E-state index < -0.39 is 0 Å². The van der Waals surface area contributed by atoms with E-state index in [1.807, 2.05) is 0 Å².